The quantitative estimate of drug-likeness (QED) is 0.229. The molecule has 1 N–H and O–H groups in total. The Kier molecular flexibility index (Phi) is 6.51. The van der Waals surface area contributed by atoms with Gasteiger partial charge in [0.2, 0.25) is 0 Å². The minimum atomic E-state index is 0.114. The van der Waals surface area contributed by atoms with Gasteiger partial charge in [-0.05, 0) is 106 Å². The summed E-state index contributed by atoms with van der Waals surface area (Å²) in [4.78, 5) is 8.43. The zero-order chi connectivity index (χ0) is 29.7. The van der Waals surface area contributed by atoms with Crippen molar-refractivity contribution >= 4 is 21.8 Å². The largest absolute Gasteiger partial charge is 0.354 e. The highest BCUT2D eigenvalue weighted by Crippen LogP contribution is 2.40. The van der Waals surface area contributed by atoms with Crippen LogP contribution in [0.1, 0.15) is 37.5 Å². The van der Waals surface area contributed by atoms with Gasteiger partial charge in [-0.15, -0.1) is 0 Å². The highest BCUT2D eigenvalue weighted by atomic mass is 14.7. The second-order valence-corrected chi connectivity index (χ2v) is 12.7. The van der Waals surface area contributed by atoms with Crippen LogP contribution in [-0.4, -0.2) is 9.97 Å². The van der Waals surface area contributed by atoms with E-state index in [-0.39, 0.29) is 5.41 Å². The minimum Gasteiger partial charge on any atom is -0.354 e. The summed E-state index contributed by atoms with van der Waals surface area (Å²) in [5.74, 6) is 0. The summed E-state index contributed by atoms with van der Waals surface area (Å²) < 4.78 is 0. The Morgan fingerprint density at radius 1 is 0.535 bits per heavy atom. The predicted octanol–water partition coefficient (Wildman–Crippen LogP) is 11.3. The molecule has 7 rings (SSSR count). The topological polar surface area (TPSA) is 28.7 Å². The standard InChI is InChI=1S/C41H36N2/c1-26-21-27(2)37(35-13-10-12-34-33-11-6-7-15-39(33)43-40(34)35)25-36(26)30-22-29(23-31(24-30)38-14-8-9-20-42-38)28-16-18-32(19-17-28)41(3,4)5/h6-25,43H,1-5H3. The molecule has 5 aromatic carbocycles. The Bertz CT molecular complexity index is 2110. The highest BCUT2D eigenvalue weighted by molar-refractivity contribution is 6.12. The van der Waals surface area contributed by atoms with Gasteiger partial charge in [0, 0.05) is 33.6 Å². The van der Waals surface area contributed by atoms with E-state index in [9.17, 15) is 0 Å². The van der Waals surface area contributed by atoms with Gasteiger partial charge >= 0.3 is 0 Å². The molecule has 210 valence electrons. The fraction of sp³-hybridized carbons (Fsp3) is 0.146. The molecule has 0 radical (unpaired) electrons. The number of nitrogens with one attached hydrogen (secondary N) is 1. The van der Waals surface area contributed by atoms with Gasteiger partial charge < -0.3 is 4.98 Å². The highest BCUT2D eigenvalue weighted by Gasteiger charge is 2.17. The van der Waals surface area contributed by atoms with Crippen molar-refractivity contribution in [2.24, 2.45) is 0 Å². The minimum absolute atomic E-state index is 0.114. The van der Waals surface area contributed by atoms with Gasteiger partial charge in [0.1, 0.15) is 0 Å². The molecule has 0 unspecified atom stereocenters. The maximum absolute atomic E-state index is 4.72. The number of H-pyrrole nitrogens is 1. The van der Waals surface area contributed by atoms with Crippen LogP contribution in [0, 0.1) is 13.8 Å². The molecular weight excluding hydrogens is 520 g/mol. The Hall–Kier alpha value is -4.95. The number of aromatic nitrogens is 2. The molecule has 0 fully saturated rings. The summed E-state index contributed by atoms with van der Waals surface area (Å²) in [6, 6.07) is 42.0. The average molecular weight is 557 g/mol. The summed E-state index contributed by atoms with van der Waals surface area (Å²) >= 11 is 0. The van der Waals surface area contributed by atoms with Crippen molar-refractivity contribution in [1.82, 2.24) is 9.97 Å². The van der Waals surface area contributed by atoms with Crippen LogP contribution in [-0.2, 0) is 5.41 Å². The Balaban J connectivity index is 1.42. The van der Waals surface area contributed by atoms with E-state index >= 15 is 0 Å². The van der Waals surface area contributed by atoms with Gasteiger partial charge in [0.15, 0.2) is 0 Å². The molecule has 0 amide bonds. The third kappa shape index (κ3) is 4.93. The van der Waals surface area contributed by atoms with Crippen LogP contribution < -0.4 is 0 Å². The molecule has 0 spiro atoms. The Morgan fingerprint density at radius 3 is 2.00 bits per heavy atom. The van der Waals surface area contributed by atoms with E-state index in [0.29, 0.717) is 0 Å². The van der Waals surface area contributed by atoms with Gasteiger partial charge in [-0.1, -0.05) is 93.6 Å². The maximum atomic E-state index is 4.72. The van der Waals surface area contributed by atoms with Gasteiger partial charge in [-0.25, -0.2) is 0 Å². The van der Waals surface area contributed by atoms with Crippen LogP contribution in [0.2, 0.25) is 0 Å². The molecular formula is C41H36N2. The third-order valence-corrected chi connectivity index (χ3v) is 8.69. The third-order valence-electron chi connectivity index (χ3n) is 8.69. The van der Waals surface area contributed by atoms with Crippen molar-refractivity contribution in [2.45, 2.75) is 40.0 Å². The first-order valence-corrected chi connectivity index (χ1v) is 15.0. The van der Waals surface area contributed by atoms with Crippen molar-refractivity contribution in [3.63, 3.8) is 0 Å². The van der Waals surface area contributed by atoms with Crippen molar-refractivity contribution in [3.8, 4) is 44.6 Å². The fourth-order valence-corrected chi connectivity index (χ4v) is 6.34. The lowest BCUT2D eigenvalue weighted by Gasteiger charge is -2.19. The predicted molar refractivity (Wildman–Crippen MR) is 184 cm³/mol. The number of fused-ring (bicyclic) bond motifs is 3. The van der Waals surface area contributed by atoms with Gasteiger partial charge in [-0.3, -0.25) is 4.98 Å². The number of aryl methyl sites for hydroxylation is 2. The van der Waals surface area contributed by atoms with E-state index in [1.54, 1.807) is 0 Å². The van der Waals surface area contributed by atoms with Crippen LogP contribution in [0.25, 0.3) is 66.4 Å². The summed E-state index contributed by atoms with van der Waals surface area (Å²) in [7, 11) is 0. The molecule has 2 aromatic heterocycles. The smallest absolute Gasteiger partial charge is 0.0702 e. The maximum Gasteiger partial charge on any atom is 0.0702 e. The van der Waals surface area contributed by atoms with Crippen LogP contribution in [0.15, 0.2) is 121 Å². The zero-order valence-electron chi connectivity index (χ0n) is 25.5. The summed E-state index contributed by atoms with van der Waals surface area (Å²) in [6.07, 6.45) is 1.87. The summed E-state index contributed by atoms with van der Waals surface area (Å²) in [5, 5.41) is 2.52. The molecule has 7 aromatic rings. The van der Waals surface area contributed by atoms with Crippen molar-refractivity contribution in [2.75, 3.05) is 0 Å². The van der Waals surface area contributed by atoms with Crippen LogP contribution >= 0.6 is 0 Å². The van der Waals surface area contributed by atoms with Gasteiger partial charge in [0.25, 0.3) is 0 Å². The molecule has 2 heteroatoms. The molecule has 0 saturated carbocycles. The number of pyridine rings is 1. The Labute approximate surface area is 254 Å². The SMILES string of the molecule is Cc1cc(C)c(-c2cccc3c2[nH]c2ccccc23)cc1-c1cc(-c2ccc(C(C)(C)C)cc2)cc(-c2ccccn2)c1. The number of hydrogen-bond acceptors (Lipinski definition) is 1. The number of rotatable bonds is 4. The van der Waals surface area contributed by atoms with Gasteiger partial charge in [-0.2, -0.15) is 0 Å². The van der Waals surface area contributed by atoms with Crippen LogP contribution in [0.4, 0.5) is 0 Å². The lowest BCUT2D eigenvalue weighted by atomic mass is 9.85. The molecule has 0 atom stereocenters. The van der Waals surface area contributed by atoms with Crippen molar-refractivity contribution in [1.29, 1.82) is 0 Å². The van der Waals surface area contributed by atoms with Crippen LogP contribution in [0.5, 0.6) is 0 Å². The molecule has 0 aliphatic heterocycles. The van der Waals surface area contributed by atoms with Crippen molar-refractivity contribution < 1.29 is 0 Å². The van der Waals surface area contributed by atoms with E-state index in [1.165, 1.54) is 71.9 Å². The first kappa shape index (κ1) is 26.9. The van der Waals surface area contributed by atoms with E-state index in [1.807, 2.05) is 12.3 Å². The molecule has 0 saturated heterocycles. The van der Waals surface area contributed by atoms with Crippen molar-refractivity contribution in [3.05, 3.63) is 138 Å². The molecule has 2 heterocycles. The number of hydrogen-bond donors (Lipinski definition) is 1. The summed E-state index contributed by atoms with van der Waals surface area (Å²) in [6.45, 7) is 11.2. The first-order chi connectivity index (χ1) is 20.8. The fourth-order valence-electron chi connectivity index (χ4n) is 6.34. The monoisotopic (exact) mass is 556 g/mol. The first-order valence-electron chi connectivity index (χ1n) is 15.0. The van der Waals surface area contributed by atoms with Crippen LogP contribution in [0.3, 0.4) is 0 Å². The number of nitrogens with zero attached hydrogens (tertiary/aromatic N) is 1. The lowest BCUT2D eigenvalue weighted by molar-refractivity contribution is 0.590. The molecule has 0 bridgehead atoms. The molecule has 43 heavy (non-hydrogen) atoms. The van der Waals surface area contributed by atoms with E-state index in [0.717, 1.165) is 11.3 Å². The number of aromatic amines is 1. The second-order valence-electron chi connectivity index (χ2n) is 12.7. The molecule has 0 aliphatic rings. The van der Waals surface area contributed by atoms with E-state index in [4.69, 9.17) is 4.98 Å². The molecule has 2 nitrogen and oxygen atoms in total. The zero-order valence-corrected chi connectivity index (χ0v) is 25.5. The molecule has 0 aliphatic carbocycles. The normalized spacial score (nSPS) is 11.8. The van der Waals surface area contributed by atoms with Gasteiger partial charge in [0.05, 0.1) is 11.2 Å². The number of benzene rings is 5. The lowest BCUT2D eigenvalue weighted by Crippen LogP contribution is -2.10. The second kappa shape index (κ2) is 10.4. The van der Waals surface area contributed by atoms with E-state index in [2.05, 4.69) is 149 Å². The number of para-hydroxylation sites is 2. The summed E-state index contributed by atoms with van der Waals surface area (Å²) in [5.41, 5.74) is 15.7. The Morgan fingerprint density at radius 2 is 1.23 bits per heavy atom. The van der Waals surface area contributed by atoms with E-state index < -0.39 is 0 Å². The average Bonchev–Trinajstić information content (AvgIpc) is 3.40.